The van der Waals surface area contributed by atoms with Crippen molar-refractivity contribution in [2.24, 2.45) is 0 Å². The van der Waals surface area contributed by atoms with E-state index in [-0.39, 0.29) is 17.7 Å². The van der Waals surface area contributed by atoms with Gasteiger partial charge in [-0.25, -0.2) is 0 Å². The quantitative estimate of drug-likeness (QED) is 0.513. The Kier molecular flexibility index (Phi) is 5.66. The zero-order valence-electron chi connectivity index (χ0n) is 16.8. The van der Waals surface area contributed by atoms with Gasteiger partial charge in [0.25, 0.3) is 0 Å². The third-order valence-electron chi connectivity index (χ3n) is 5.61. The van der Waals surface area contributed by atoms with E-state index in [1.54, 1.807) is 4.57 Å². The van der Waals surface area contributed by atoms with Gasteiger partial charge in [0.2, 0.25) is 5.91 Å². The number of fused-ring (bicyclic) bond motifs is 1. The Bertz CT molecular complexity index is 931. The minimum Gasteiger partial charge on any atom is -0.436 e. The zero-order valence-corrected chi connectivity index (χ0v) is 17.5. The maximum absolute atomic E-state index is 12.6. The van der Waals surface area contributed by atoms with Crippen molar-refractivity contribution in [2.75, 3.05) is 32.7 Å². The molecule has 2 aromatic rings. The molecule has 10 heteroatoms. The predicted octanol–water partition coefficient (Wildman–Crippen LogP) is 2.37. The number of piperazine rings is 1. The fourth-order valence-electron chi connectivity index (χ4n) is 4.09. The van der Waals surface area contributed by atoms with Gasteiger partial charge < -0.3 is 19.8 Å². The molecule has 1 unspecified atom stereocenters. The molecule has 1 aromatic heterocycles. The standard InChI is InChI=1S/C20H24ClN5O4/c1-20(14-25-12-17(26(28)29)22-19(25)30-20)13-23-8-10-24(11-9-23)18(27)7-6-15-4-2-3-5-16(15)21/h2-5,12H,6-11,13-14H2,1H3. The fourth-order valence-corrected chi connectivity index (χ4v) is 4.32. The van der Waals surface area contributed by atoms with Gasteiger partial charge in [0.05, 0.1) is 6.54 Å². The lowest BCUT2D eigenvalue weighted by Crippen LogP contribution is -2.53. The van der Waals surface area contributed by atoms with Crippen LogP contribution in [0.5, 0.6) is 6.01 Å². The molecule has 1 amide bonds. The first-order valence-electron chi connectivity index (χ1n) is 9.97. The van der Waals surface area contributed by atoms with E-state index in [1.165, 1.54) is 6.20 Å². The van der Waals surface area contributed by atoms with Crippen molar-refractivity contribution in [3.05, 3.63) is 51.2 Å². The van der Waals surface area contributed by atoms with Gasteiger partial charge >= 0.3 is 11.8 Å². The summed E-state index contributed by atoms with van der Waals surface area (Å²) in [5, 5.41) is 11.5. The van der Waals surface area contributed by atoms with Crippen molar-refractivity contribution < 1.29 is 14.5 Å². The minimum atomic E-state index is -0.520. The first-order chi connectivity index (χ1) is 14.3. The SMILES string of the molecule is CC1(CN2CCN(C(=O)CCc3ccccc3Cl)CC2)Cn2cc([N+](=O)[O-])nc2O1. The molecular weight excluding hydrogens is 410 g/mol. The van der Waals surface area contributed by atoms with Crippen molar-refractivity contribution in [3.63, 3.8) is 0 Å². The predicted molar refractivity (Wildman–Crippen MR) is 111 cm³/mol. The number of hydrogen-bond donors (Lipinski definition) is 0. The van der Waals surface area contributed by atoms with Crippen molar-refractivity contribution in [1.29, 1.82) is 0 Å². The van der Waals surface area contributed by atoms with Crippen molar-refractivity contribution in [2.45, 2.75) is 31.9 Å². The van der Waals surface area contributed by atoms with E-state index >= 15 is 0 Å². The highest BCUT2D eigenvalue weighted by Crippen LogP contribution is 2.31. The highest BCUT2D eigenvalue weighted by atomic mass is 35.5. The number of carbonyl (C=O) groups is 1. The summed E-state index contributed by atoms with van der Waals surface area (Å²) in [5.41, 5.74) is 0.503. The molecule has 0 bridgehead atoms. The van der Waals surface area contributed by atoms with Crippen LogP contribution >= 0.6 is 11.6 Å². The number of carbonyl (C=O) groups excluding carboxylic acids is 1. The van der Waals surface area contributed by atoms with Gasteiger partial charge in [0, 0.05) is 49.2 Å². The lowest BCUT2D eigenvalue weighted by Gasteiger charge is -2.38. The smallest absolute Gasteiger partial charge is 0.415 e. The molecule has 0 aliphatic carbocycles. The second kappa shape index (κ2) is 8.23. The molecule has 30 heavy (non-hydrogen) atoms. The molecule has 0 radical (unpaired) electrons. The van der Waals surface area contributed by atoms with Gasteiger partial charge in [-0.05, 0) is 29.9 Å². The Morgan fingerprint density at radius 1 is 1.30 bits per heavy atom. The average Bonchev–Trinajstić information content (AvgIpc) is 3.23. The Hall–Kier alpha value is -2.65. The highest BCUT2D eigenvalue weighted by Gasteiger charge is 2.41. The van der Waals surface area contributed by atoms with Crippen LogP contribution in [-0.4, -0.2) is 68.5 Å². The fraction of sp³-hybridized carbons (Fsp3) is 0.500. The highest BCUT2D eigenvalue weighted by molar-refractivity contribution is 6.31. The minimum absolute atomic E-state index is 0.144. The molecule has 1 aromatic carbocycles. The molecule has 1 fully saturated rings. The second-order valence-electron chi connectivity index (χ2n) is 8.07. The van der Waals surface area contributed by atoms with E-state index in [2.05, 4.69) is 9.88 Å². The molecule has 0 N–H and O–H groups in total. The van der Waals surface area contributed by atoms with Crippen LogP contribution in [0.15, 0.2) is 30.5 Å². The molecular formula is C20H24ClN5O4. The zero-order chi connectivity index (χ0) is 21.3. The Balaban J connectivity index is 1.24. The van der Waals surface area contributed by atoms with Gasteiger partial charge in [0.1, 0.15) is 11.8 Å². The molecule has 2 aliphatic rings. The maximum atomic E-state index is 12.6. The molecule has 9 nitrogen and oxygen atoms in total. The Morgan fingerprint density at radius 2 is 2.03 bits per heavy atom. The molecule has 160 valence electrons. The van der Waals surface area contributed by atoms with Crippen LogP contribution in [0.1, 0.15) is 18.9 Å². The number of rotatable bonds is 6. The Labute approximate surface area is 179 Å². The first kappa shape index (κ1) is 20.6. The number of halogens is 1. The molecule has 1 atom stereocenters. The molecule has 4 rings (SSSR count). The average molecular weight is 434 g/mol. The first-order valence-corrected chi connectivity index (χ1v) is 10.3. The van der Waals surface area contributed by atoms with E-state index in [1.807, 2.05) is 36.1 Å². The number of hydrogen-bond acceptors (Lipinski definition) is 6. The monoisotopic (exact) mass is 433 g/mol. The van der Waals surface area contributed by atoms with Gasteiger partial charge in [-0.1, -0.05) is 29.8 Å². The van der Waals surface area contributed by atoms with Crippen LogP contribution in [0.4, 0.5) is 5.82 Å². The van der Waals surface area contributed by atoms with E-state index in [0.29, 0.717) is 44.0 Å². The lowest BCUT2D eigenvalue weighted by molar-refractivity contribution is -0.389. The van der Waals surface area contributed by atoms with E-state index < -0.39 is 10.5 Å². The molecule has 1 saturated heterocycles. The topological polar surface area (TPSA) is 93.7 Å². The summed E-state index contributed by atoms with van der Waals surface area (Å²) in [5.74, 6) is -0.0543. The lowest BCUT2D eigenvalue weighted by atomic mass is 10.1. The normalized spacial score (nSPS) is 21.3. The van der Waals surface area contributed by atoms with Crippen LogP contribution in [0.25, 0.3) is 0 Å². The van der Waals surface area contributed by atoms with Crippen LogP contribution in [0.2, 0.25) is 5.02 Å². The summed E-state index contributed by atoms with van der Waals surface area (Å²) in [6, 6.07) is 7.90. The van der Waals surface area contributed by atoms with Crippen molar-refractivity contribution >= 4 is 23.3 Å². The van der Waals surface area contributed by atoms with Crippen LogP contribution in [-0.2, 0) is 17.8 Å². The number of nitro groups is 1. The van der Waals surface area contributed by atoms with Crippen LogP contribution in [0, 0.1) is 10.1 Å². The third-order valence-corrected chi connectivity index (χ3v) is 5.97. The second-order valence-corrected chi connectivity index (χ2v) is 8.47. The summed E-state index contributed by atoms with van der Waals surface area (Å²) in [7, 11) is 0. The summed E-state index contributed by atoms with van der Waals surface area (Å²) in [4.78, 5) is 31.0. The van der Waals surface area contributed by atoms with Crippen LogP contribution < -0.4 is 4.74 Å². The van der Waals surface area contributed by atoms with E-state index in [9.17, 15) is 14.9 Å². The maximum Gasteiger partial charge on any atom is 0.415 e. The number of ether oxygens (including phenoxy) is 1. The third kappa shape index (κ3) is 4.41. The number of aryl methyl sites for hydroxylation is 1. The van der Waals surface area contributed by atoms with Gasteiger partial charge in [-0.2, -0.15) is 0 Å². The number of nitrogens with zero attached hydrogens (tertiary/aromatic N) is 5. The molecule has 2 aliphatic heterocycles. The summed E-state index contributed by atoms with van der Waals surface area (Å²) in [6.07, 6.45) is 2.50. The summed E-state index contributed by atoms with van der Waals surface area (Å²) >= 11 is 6.17. The Morgan fingerprint density at radius 3 is 2.70 bits per heavy atom. The number of amides is 1. The van der Waals surface area contributed by atoms with Crippen molar-refractivity contribution in [1.82, 2.24) is 19.4 Å². The van der Waals surface area contributed by atoms with Crippen molar-refractivity contribution in [3.8, 4) is 6.01 Å². The van der Waals surface area contributed by atoms with Gasteiger partial charge in [-0.15, -0.1) is 0 Å². The number of benzene rings is 1. The molecule has 0 saturated carbocycles. The number of aromatic nitrogens is 2. The molecule has 3 heterocycles. The van der Waals surface area contributed by atoms with E-state index in [0.717, 1.165) is 18.7 Å². The van der Waals surface area contributed by atoms with Gasteiger partial charge in [0.15, 0.2) is 0 Å². The molecule has 0 spiro atoms. The largest absolute Gasteiger partial charge is 0.436 e. The number of imidazole rings is 1. The van der Waals surface area contributed by atoms with E-state index in [4.69, 9.17) is 16.3 Å². The van der Waals surface area contributed by atoms with Crippen LogP contribution in [0.3, 0.4) is 0 Å². The summed E-state index contributed by atoms with van der Waals surface area (Å²) in [6.45, 7) is 6.04. The van der Waals surface area contributed by atoms with Gasteiger partial charge in [-0.3, -0.25) is 14.3 Å². The summed E-state index contributed by atoms with van der Waals surface area (Å²) < 4.78 is 7.60.